The van der Waals surface area contributed by atoms with Gasteiger partial charge in [0.1, 0.15) is 0 Å². The molecule has 1 aromatic carbocycles. The van der Waals surface area contributed by atoms with Crippen LogP contribution in [0.3, 0.4) is 0 Å². The van der Waals surface area contributed by atoms with E-state index in [0.29, 0.717) is 28.0 Å². The minimum Gasteiger partial charge on any atom is -0.463 e. The molecule has 1 aromatic heterocycles. The van der Waals surface area contributed by atoms with Crippen LogP contribution in [0.1, 0.15) is 31.4 Å². The van der Waals surface area contributed by atoms with E-state index in [0.717, 1.165) is 0 Å². The molecule has 0 N–H and O–H groups in total. The van der Waals surface area contributed by atoms with Crippen molar-refractivity contribution < 1.29 is 32.6 Å². The topological polar surface area (TPSA) is 103 Å². The number of carbonyl (C=O) groups is 1. The first kappa shape index (κ1) is 19.6. The molecule has 0 spiro atoms. The predicted molar refractivity (Wildman–Crippen MR) is 97.9 cm³/mol. The fourth-order valence-electron chi connectivity index (χ4n) is 3.14. The van der Waals surface area contributed by atoms with Gasteiger partial charge >= 0.3 is 12.3 Å². The van der Waals surface area contributed by atoms with Crippen molar-refractivity contribution in [1.82, 2.24) is 4.98 Å². The lowest BCUT2D eigenvalue weighted by atomic mass is 9.91. The van der Waals surface area contributed by atoms with Crippen LogP contribution in [0.2, 0.25) is 0 Å². The van der Waals surface area contributed by atoms with Crippen molar-refractivity contribution in [3.8, 4) is 28.8 Å². The Morgan fingerprint density at radius 1 is 1.30 bits per heavy atom. The molecule has 0 saturated carbocycles. The number of aromatic nitrogens is 1. The molecule has 154 valence electrons. The van der Waals surface area contributed by atoms with Gasteiger partial charge in [0.05, 0.1) is 24.0 Å². The molecule has 4 rings (SSSR count). The smallest absolute Gasteiger partial charge is 0.463 e. The highest BCUT2D eigenvalue weighted by Crippen LogP contribution is 2.41. The van der Waals surface area contributed by atoms with Gasteiger partial charge in [-0.25, -0.2) is 9.78 Å². The van der Waals surface area contributed by atoms with E-state index in [2.05, 4.69) is 25.7 Å². The summed E-state index contributed by atoms with van der Waals surface area (Å²) < 4.78 is 40.3. The number of halogens is 2. The Kier molecular flexibility index (Phi) is 4.53. The summed E-state index contributed by atoms with van der Waals surface area (Å²) in [6.07, 6.45) is -2.31. The maximum Gasteiger partial charge on any atom is 0.587 e. The summed E-state index contributed by atoms with van der Waals surface area (Å²) in [4.78, 5) is 21.3. The molecule has 2 aliphatic rings. The fraction of sp³-hybridized carbons (Fsp3) is 0.300. The van der Waals surface area contributed by atoms with Crippen LogP contribution in [0.25, 0.3) is 11.1 Å². The largest absolute Gasteiger partial charge is 0.587 e. The molecule has 0 aliphatic carbocycles. The van der Waals surface area contributed by atoms with Crippen LogP contribution in [-0.4, -0.2) is 35.2 Å². The number of benzene rings is 1. The third-order valence-electron chi connectivity index (χ3n) is 4.62. The second kappa shape index (κ2) is 6.95. The van der Waals surface area contributed by atoms with Gasteiger partial charge in [-0.05, 0) is 37.6 Å². The first-order valence-corrected chi connectivity index (χ1v) is 8.98. The fourth-order valence-corrected chi connectivity index (χ4v) is 3.14. The summed E-state index contributed by atoms with van der Waals surface area (Å²) in [6.45, 7) is 3.44. The van der Waals surface area contributed by atoms with E-state index >= 15 is 0 Å². The van der Waals surface area contributed by atoms with Gasteiger partial charge in [-0.15, -0.1) is 8.78 Å². The van der Waals surface area contributed by atoms with Gasteiger partial charge in [0.25, 0.3) is 5.88 Å². The Hall–Kier alpha value is -3.74. The van der Waals surface area contributed by atoms with Crippen LogP contribution in [0.15, 0.2) is 35.6 Å². The number of pyridine rings is 1. The number of nitrogens with zero attached hydrogens (tertiary/aromatic N) is 3. The molecule has 30 heavy (non-hydrogen) atoms. The molecule has 8 nitrogen and oxygen atoms in total. The highest BCUT2D eigenvalue weighted by Gasteiger charge is 2.45. The van der Waals surface area contributed by atoms with Crippen molar-refractivity contribution >= 4 is 11.7 Å². The number of nitriles is 1. The Morgan fingerprint density at radius 3 is 2.83 bits per heavy atom. The van der Waals surface area contributed by atoms with Crippen LogP contribution >= 0.6 is 0 Å². The van der Waals surface area contributed by atoms with Gasteiger partial charge in [0.2, 0.25) is 5.60 Å². The van der Waals surface area contributed by atoms with Crippen molar-refractivity contribution in [2.75, 3.05) is 6.61 Å². The maximum atomic E-state index is 13.2. The molecule has 3 heterocycles. The molecule has 2 aromatic rings. The third-order valence-corrected chi connectivity index (χ3v) is 4.62. The molecule has 0 amide bonds. The molecule has 0 saturated heterocycles. The number of hydrogen-bond donors (Lipinski definition) is 0. The zero-order valence-corrected chi connectivity index (χ0v) is 15.9. The Labute approximate surface area is 169 Å². The van der Waals surface area contributed by atoms with E-state index in [1.165, 1.54) is 12.3 Å². The van der Waals surface area contributed by atoms with Crippen LogP contribution < -0.4 is 9.47 Å². The van der Waals surface area contributed by atoms with Crippen LogP contribution in [0.4, 0.5) is 8.78 Å². The predicted octanol–water partition coefficient (Wildman–Crippen LogP) is 3.39. The molecule has 10 heteroatoms. The lowest BCUT2D eigenvalue weighted by Gasteiger charge is -2.18. The number of rotatable bonds is 4. The Bertz CT molecular complexity index is 1110. The monoisotopic (exact) mass is 415 g/mol. The molecule has 0 fully saturated rings. The molecule has 1 atom stereocenters. The summed E-state index contributed by atoms with van der Waals surface area (Å²) in [6, 6.07) is 8.29. The van der Waals surface area contributed by atoms with E-state index in [1.54, 1.807) is 32.0 Å². The van der Waals surface area contributed by atoms with Crippen molar-refractivity contribution in [1.29, 1.82) is 5.26 Å². The number of hydrogen-bond acceptors (Lipinski definition) is 8. The Morgan fingerprint density at radius 2 is 2.10 bits per heavy atom. The summed E-state index contributed by atoms with van der Waals surface area (Å²) in [7, 11) is 0. The zero-order valence-electron chi connectivity index (χ0n) is 15.9. The van der Waals surface area contributed by atoms with Crippen LogP contribution in [0, 0.1) is 11.3 Å². The van der Waals surface area contributed by atoms with Crippen molar-refractivity contribution in [2.24, 2.45) is 5.16 Å². The van der Waals surface area contributed by atoms with Gasteiger partial charge in [-0.2, -0.15) is 5.26 Å². The van der Waals surface area contributed by atoms with Gasteiger partial charge in [0, 0.05) is 23.7 Å². The quantitative estimate of drug-likeness (QED) is 0.705. The molecule has 0 bridgehead atoms. The first-order chi connectivity index (χ1) is 14.2. The number of alkyl halides is 2. The molecule has 1 unspecified atom stereocenters. The van der Waals surface area contributed by atoms with Crippen LogP contribution in [0.5, 0.6) is 11.6 Å². The summed E-state index contributed by atoms with van der Waals surface area (Å²) in [5.74, 6) is -1.06. The number of carbonyl (C=O) groups excluding carboxylic acids is 1. The minimum absolute atomic E-state index is 0.107. The van der Waals surface area contributed by atoms with Gasteiger partial charge in [-0.3, -0.25) is 0 Å². The second-order valence-electron chi connectivity index (χ2n) is 6.82. The second-order valence-corrected chi connectivity index (χ2v) is 6.82. The van der Waals surface area contributed by atoms with Gasteiger partial charge in [0.15, 0.2) is 5.75 Å². The Balaban J connectivity index is 1.67. The van der Waals surface area contributed by atoms with Crippen molar-refractivity contribution in [2.45, 2.75) is 32.2 Å². The standard InChI is InChI=1S/C20H15F2N3O5/c1-3-27-18(26)19(2)8-15(25-30-19)14-6-11(4-5-12(14)9-23)13-7-16-17(24-10-13)29-20(21,22)28-16/h4-7,10H,3,8H2,1-2H3. The van der Waals surface area contributed by atoms with E-state index in [4.69, 9.17) is 9.57 Å². The van der Waals surface area contributed by atoms with E-state index in [-0.39, 0.29) is 24.7 Å². The third kappa shape index (κ3) is 3.39. The molecular formula is C20H15F2N3O5. The van der Waals surface area contributed by atoms with E-state index in [1.807, 2.05) is 0 Å². The molecule has 2 aliphatic heterocycles. The van der Waals surface area contributed by atoms with Gasteiger partial charge < -0.3 is 19.0 Å². The maximum absolute atomic E-state index is 13.2. The van der Waals surface area contributed by atoms with Crippen LogP contribution in [-0.2, 0) is 14.4 Å². The summed E-state index contributed by atoms with van der Waals surface area (Å²) >= 11 is 0. The van der Waals surface area contributed by atoms with Crippen molar-refractivity contribution in [3.63, 3.8) is 0 Å². The summed E-state index contributed by atoms with van der Waals surface area (Å²) in [5, 5.41) is 13.5. The SMILES string of the molecule is CCOC(=O)C1(C)CC(c2cc(-c3cnc4c(c3)OC(F)(F)O4)ccc2C#N)=NO1. The average molecular weight is 415 g/mol. The number of oxime groups is 1. The highest BCUT2D eigenvalue weighted by molar-refractivity contribution is 6.07. The molecule has 0 radical (unpaired) electrons. The normalized spacial score (nSPS) is 20.8. The number of ether oxygens (including phenoxy) is 3. The number of fused-ring (bicyclic) bond motifs is 1. The number of esters is 1. The summed E-state index contributed by atoms with van der Waals surface area (Å²) in [5.41, 5.74) is 0.906. The van der Waals surface area contributed by atoms with Gasteiger partial charge in [-0.1, -0.05) is 11.2 Å². The highest BCUT2D eigenvalue weighted by atomic mass is 19.3. The average Bonchev–Trinajstić information content (AvgIpc) is 3.26. The molecular weight excluding hydrogens is 400 g/mol. The zero-order chi connectivity index (χ0) is 21.5. The van der Waals surface area contributed by atoms with E-state index < -0.39 is 17.9 Å². The minimum atomic E-state index is -3.77. The van der Waals surface area contributed by atoms with E-state index in [9.17, 15) is 18.8 Å². The lowest BCUT2D eigenvalue weighted by Crippen LogP contribution is -2.37. The van der Waals surface area contributed by atoms with Crippen molar-refractivity contribution in [3.05, 3.63) is 41.6 Å². The first-order valence-electron chi connectivity index (χ1n) is 8.98. The lowest BCUT2D eigenvalue weighted by molar-refractivity contribution is -0.287.